The van der Waals surface area contributed by atoms with Gasteiger partial charge in [-0.05, 0) is 19.1 Å². The molecule has 2 aromatic rings. The summed E-state index contributed by atoms with van der Waals surface area (Å²) in [6, 6.07) is 3.68. The minimum absolute atomic E-state index is 0.0888. The van der Waals surface area contributed by atoms with Gasteiger partial charge in [0.15, 0.2) is 10.8 Å². The van der Waals surface area contributed by atoms with Gasteiger partial charge in [0, 0.05) is 18.5 Å². The quantitative estimate of drug-likeness (QED) is 0.904. The van der Waals surface area contributed by atoms with E-state index in [2.05, 4.69) is 10.3 Å². The summed E-state index contributed by atoms with van der Waals surface area (Å²) in [5, 5.41) is 5.05. The Morgan fingerprint density at radius 1 is 1.50 bits per heavy atom. The van der Waals surface area contributed by atoms with Crippen molar-refractivity contribution >= 4 is 23.2 Å². The predicted molar refractivity (Wildman–Crippen MR) is 73.5 cm³/mol. The molecule has 7 heteroatoms. The number of amides is 2. The number of nitrogens with one attached hydrogen (secondary N) is 1. The fraction of sp³-hybridized carbons (Fsp3) is 0.308. The molecule has 0 saturated carbocycles. The van der Waals surface area contributed by atoms with Crippen LogP contribution in [-0.4, -0.2) is 41.3 Å². The van der Waals surface area contributed by atoms with Gasteiger partial charge in [0.2, 0.25) is 5.91 Å². The predicted octanol–water partition coefficient (Wildman–Crippen LogP) is 1.28. The van der Waals surface area contributed by atoms with Gasteiger partial charge in [0.05, 0.1) is 6.54 Å². The smallest absolute Gasteiger partial charge is 0.273 e. The van der Waals surface area contributed by atoms with E-state index >= 15 is 0 Å². The maximum atomic E-state index is 12.3. The fourth-order valence-corrected chi connectivity index (χ4v) is 2.76. The number of thiazole rings is 1. The van der Waals surface area contributed by atoms with Crippen molar-refractivity contribution in [1.29, 1.82) is 0 Å². The molecule has 2 aromatic heterocycles. The summed E-state index contributed by atoms with van der Waals surface area (Å²) >= 11 is 1.36. The molecule has 20 heavy (non-hydrogen) atoms. The number of rotatable bonds is 2. The van der Waals surface area contributed by atoms with Gasteiger partial charge in [-0.15, -0.1) is 11.3 Å². The number of furan rings is 1. The van der Waals surface area contributed by atoms with E-state index < -0.39 is 0 Å². The first kappa shape index (κ1) is 12.9. The summed E-state index contributed by atoms with van der Waals surface area (Å²) in [7, 11) is 0. The van der Waals surface area contributed by atoms with E-state index in [4.69, 9.17) is 4.42 Å². The van der Waals surface area contributed by atoms with E-state index in [1.54, 1.807) is 5.38 Å². The van der Waals surface area contributed by atoms with Crippen LogP contribution in [0.1, 0.15) is 16.2 Å². The Balaban J connectivity index is 1.79. The second-order valence-electron chi connectivity index (χ2n) is 4.52. The highest BCUT2D eigenvalue weighted by atomic mass is 32.1. The van der Waals surface area contributed by atoms with E-state index in [0.29, 0.717) is 29.6 Å². The van der Waals surface area contributed by atoms with Crippen LogP contribution < -0.4 is 5.32 Å². The molecule has 1 aliphatic heterocycles. The largest absolute Gasteiger partial charge is 0.459 e. The number of aryl methyl sites for hydroxylation is 1. The molecule has 1 fully saturated rings. The van der Waals surface area contributed by atoms with Crippen molar-refractivity contribution in [3.8, 4) is 10.8 Å². The Morgan fingerprint density at radius 3 is 3.05 bits per heavy atom. The normalized spacial score (nSPS) is 15.2. The number of aromatic nitrogens is 1. The molecule has 3 heterocycles. The molecule has 6 nitrogen and oxygen atoms in total. The van der Waals surface area contributed by atoms with Crippen molar-refractivity contribution in [3.05, 3.63) is 29.0 Å². The topological polar surface area (TPSA) is 75.4 Å². The number of carbonyl (C=O) groups is 2. The van der Waals surface area contributed by atoms with Crippen LogP contribution in [0.15, 0.2) is 21.9 Å². The molecule has 104 valence electrons. The van der Waals surface area contributed by atoms with Crippen LogP contribution in [0.4, 0.5) is 0 Å². The zero-order chi connectivity index (χ0) is 14.1. The monoisotopic (exact) mass is 291 g/mol. The molecule has 1 saturated heterocycles. The Bertz CT molecular complexity index is 661. The molecule has 0 bridgehead atoms. The third-order valence-electron chi connectivity index (χ3n) is 3.00. The molecular weight excluding hydrogens is 278 g/mol. The van der Waals surface area contributed by atoms with E-state index in [-0.39, 0.29) is 18.4 Å². The molecule has 0 spiro atoms. The van der Waals surface area contributed by atoms with Crippen LogP contribution >= 0.6 is 11.3 Å². The fourth-order valence-electron chi connectivity index (χ4n) is 2.01. The molecule has 2 amide bonds. The summed E-state index contributed by atoms with van der Waals surface area (Å²) < 4.78 is 5.48. The van der Waals surface area contributed by atoms with Gasteiger partial charge in [-0.1, -0.05) is 0 Å². The third kappa shape index (κ3) is 2.44. The Kier molecular flexibility index (Phi) is 3.27. The lowest BCUT2D eigenvalue weighted by Crippen LogP contribution is -2.50. The first-order chi connectivity index (χ1) is 9.63. The molecule has 0 aliphatic carbocycles. The van der Waals surface area contributed by atoms with E-state index in [0.717, 1.165) is 5.76 Å². The summed E-state index contributed by atoms with van der Waals surface area (Å²) in [5.74, 6) is 1.10. The van der Waals surface area contributed by atoms with Gasteiger partial charge in [-0.3, -0.25) is 9.59 Å². The summed E-state index contributed by atoms with van der Waals surface area (Å²) in [5.41, 5.74) is 0.355. The van der Waals surface area contributed by atoms with Crippen LogP contribution in [0.5, 0.6) is 0 Å². The summed E-state index contributed by atoms with van der Waals surface area (Å²) in [4.78, 5) is 29.4. The van der Waals surface area contributed by atoms with Crippen LogP contribution in [0.3, 0.4) is 0 Å². The average molecular weight is 291 g/mol. The van der Waals surface area contributed by atoms with Crippen molar-refractivity contribution in [2.75, 3.05) is 19.6 Å². The Morgan fingerprint density at radius 2 is 2.35 bits per heavy atom. The minimum atomic E-state index is -0.217. The molecule has 1 N–H and O–H groups in total. The van der Waals surface area contributed by atoms with Crippen molar-refractivity contribution in [3.63, 3.8) is 0 Å². The number of piperazine rings is 1. The van der Waals surface area contributed by atoms with E-state index in [9.17, 15) is 9.59 Å². The lowest BCUT2D eigenvalue weighted by molar-refractivity contribution is -0.123. The lowest BCUT2D eigenvalue weighted by Gasteiger charge is -2.25. The highest BCUT2D eigenvalue weighted by Gasteiger charge is 2.24. The molecule has 0 unspecified atom stereocenters. The zero-order valence-electron chi connectivity index (χ0n) is 10.9. The van der Waals surface area contributed by atoms with Crippen LogP contribution in [-0.2, 0) is 4.79 Å². The molecule has 3 rings (SSSR count). The third-order valence-corrected chi connectivity index (χ3v) is 3.86. The second kappa shape index (κ2) is 5.09. The van der Waals surface area contributed by atoms with Crippen molar-refractivity contribution in [2.24, 2.45) is 0 Å². The van der Waals surface area contributed by atoms with Crippen molar-refractivity contribution < 1.29 is 14.0 Å². The summed E-state index contributed by atoms with van der Waals surface area (Å²) in [6.07, 6.45) is 0. The molecule has 0 aromatic carbocycles. The Hall–Kier alpha value is -2.15. The molecule has 1 aliphatic rings. The number of hydrogen-bond donors (Lipinski definition) is 1. The maximum Gasteiger partial charge on any atom is 0.273 e. The van der Waals surface area contributed by atoms with Gasteiger partial charge >= 0.3 is 0 Å². The zero-order valence-corrected chi connectivity index (χ0v) is 11.7. The van der Waals surface area contributed by atoms with Crippen molar-refractivity contribution in [2.45, 2.75) is 6.92 Å². The van der Waals surface area contributed by atoms with Gasteiger partial charge in [-0.25, -0.2) is 4.98 Å². The molecule has 0 radical (unpaired) electrons. The number of nitrogens with zero attached hydrogens (tertiary/aromatic N) is 2. The van der Waals surface area contributed by atoms with Crippen LogP contribution in [0.2, 0.25) is 0 Å². The number of hydrogen-bond acceptors (Lipinski definition) is 5. The highest BCUT2D eigenvalue weighted by molar-refractivity contribution is 7.13. The first-order valence-corrected chi connectivity index (χ1v) is 7.10. The second-order valence-corrected chi connectivity index (χ2v) is 5.38. The molecular formula is C13H13N3O3S. The van der Waals surface area contributed by atoms with Gasteiger partial charge in [-0.2, -0.15) is 0 Å². The van der Waals surface area contributed by atoms with Gasteiger partial charge in [0.1, 0.15) is 11.5 Å². The summed E-state index contributed by atoms with van der Waals surface area (Å²) in [6.45, 7) is 2.94. The van der Waals surface area contributed by atoms with Gasteiger partial charge in [0.25, 0.3) is 5.91 Å². The van der Waals surface area contributed by atoms with E-state index in [1.807, 2.05) is 19.1 Å². The minimum Gasteiger partial charge on any atom is -0.459 e. The Labute approximate surface area is 119 Å². The maximum absolute atomic E-state index is 12.3. The standard InChI is InChI=1S/C13H13N3O3S/c1-8-2-3-10(19-8)12-15-9(7-20-12)13(18)16-5-4-14-11(17)6-16/h2-3,7H,4-6H2,1H3,(H,14,17). The highest BCUT2D eigenvalue weighted by Crippen LogP contribution is 2.26. The number of carbonyl (C=O) groups excluding carboxylic acids is 2. The van der Waals surface area contributed by atoms with Crippen LogP contribution in [0.25, 0.3) is 10.8 Å². The average Bonchev–Trinajstić information content (AvgIpc) is 3.06. The van der Waals surface area contributed by atoms with E-state index in [1.165, 1.54) is 16.2 Å². The SMILES string of the molecule is Cc1ccc(-c2nc(C(=O)N3CCNC(=O)C3)cs2)o1. The van der Waals surface area contributed by atoms with Gasteiger partial charge < -0.3 is 14.6 Å². The van der Waals surface area contributed by atoms with Crippen molar-refractivity contribution in [1.82, 2.24) is 15.2 Å². The first-order valence-electron chi connectivity index (χ1n) is 6.22. The molecule has 0 atom stereocenters. The van der Waals surface area contributed by atoms with Crippen LogP contribution in [0, 0.1) is 6.92 Å². The lowest BCUT2D eigenvalue weighted by atomic mass is 10.3.